The molecule has 0 fully saturated rings. The molecule has 2 aromatic carbocycles. The first-order valence-corrected chi connectivity index (χ1v) is 12.9. The van der Waals surface area contributed by atoms with E-state index in [4.69, 9.17) is 0 Å². The second kappa shape index (κ2) is 12.2. The standard InChI is InChI=1S/C25H24N6O3S2/c1-2-13-31-22(19(14-32)26-23(34)18-11-7-4-8-12-18)29-30-25(31)36-16-21(33)28-24-27-20(15-35-24)17-9-5-3-6-10-17/h2-12,15,19,32H,1,13-14,16H2,(H,26,34)(H,27,28,33)/t19-/m0/s1. The highest BCUT2D eigenvalue weighted by molar-refractivity contribution is 7.99. The number of aliphatic hydroxyl groups is 1. The van der Waals surface area contributed by atoms with Gasteiger partial charge in [0.2, 0.25) is 5.91 Å². The molecule has 36 heavy (non-hydrogen) atoms. The summed E-state index contributed by atoms with van der Waals surface area (Å²) in [4.78, 5) is 29.6. The van der Waals surface area contributed by atoms with Gasteiger partial charge in [0, 0.05) is 23.1 Å². The van der Waals surface area contributed by atoms with Gasteiger partial charge in [-0.15, -0.1) is 28.1 Å². The number of hydrogen-bond acceptors (Lipinski definition) is 8. The summed E-state index contributed by atoms with van der Waals surface area (Å²) in [5.74, 6) is -0.123. The summed E-state index contributed by atoms with van der Waals surface area (Å²) in [6.07, 6.45) is 1.66. The lowest BCUT2D eigenvalue weighted by atomic mass is 10.2. The Morgan fingerprint density at radius 1 is 1.11 bits per heavy atom. The van der Waals surface area contributed by atoms with Crippen molar-refractivity contribution in [2.45, 2.75) is 17.7 Å². The summed E-state index contributed by atoms with van der Waals surface area (Å²) in [7, 11) is 0. The van der Waals surface area contributed by atoms with Crippen molar-refractivity contribution in [3.63, 3.8) is 0 Å². The predicted octanol–water partition coefficient (Wildman–Crippen LogP) is 3.78. The molecule has 9 nitrogen and oxygen atoms in total. The number of anilines is 1. The van der Waals surface area contributed by atoms with Gasteiger partial charge in [-0.3, -0.25) is 9.59 Å². The maximum absolute atomic E-state index is 12.6. The summed E-state index contributed by atoms with van der Waals surface area (Å²) in [5.41, 5.74) is 2.24. The van der Waals surface area contributed by atoms with Crippen LogP contribution in [-0.4, -0.2) is 49.0 Å². The molecule has 0 radical (unpaired) electrons. The summed E-state index contributed by atoms with van der Waals surface area (Å²) in [5, 5.41) is 26.8. The van der Waals surface area contributed by atoms with Crippen LogP contribution in [0.25, 0.3) is 11.3 Å². The zero-order valence-corrected chi connectivity index (χ0v) is 20.8. The Bertz CT molecular complexity index is 1320. The molecule has 4 aromatic rings. The van der Waals surface area contributed by atoms with Gasteiger partial charge in [-0.2, -0.15) is 0 Å². The van der Waals surface area contributed by atoms with Crippen LogP contribution in [0, 0.1) is 0 Å². The van der Waals surface area contributed by atoms with E-state index in [0.29, 0.717) is 28.2 Å². The smallest absolute Gasteiger partial charge is 0.251 e. The maximum Gasteiger partial charge on any atom is 0.251 e. The average Bonchev–Trinajstić information content (AvgIpc) is 3.54. The Labute approximate surface area is 216 Å². The molecule has 0 aliphatic heterocycles. The van der Waals surface area contributed by atoms with Gasteiger partial charge in [-0.1, -0.05) is 66.4 Å². The zero-order chi connectivity index (χ0) is 25.3. The van der Waals surface area contributed by atoms with Crippen molar-refractivity contribution in [1.82, 2.24) is 25.1 Å². The number of aromatic nitrogens is 4. The highest BCUT2D eigenvalue weighted by Crippen LogP contribution is 2.25. The highest BCUT2D eigenvalue weighted by atomic mass is 32.2. The Hall–Kier alpha value is -3.80. The van der Waals surface area contributed by atoms with Gasteiger partial charge in [-0.05, 0) is 12.1 Å². The second-order valence-corrected chi connectivity index (χ2v) is 9.36. The molecule has 0 saturated heterocycles. The number of hydrogen-bond donors (Lipinski definition) is 3. The molecule has 11 heteroatoms. The van der Waals surface area contributed by atoms with Crippen molar-refractivity contribution in [3.8, 4) is 11.3 Å². The largest absolute Gasteiger partial charge is 0.394 e. The number of carbonyl (C=O) groups is 2. The molecule has 0 aliphatic carbocycles. The summed E-state index contributed by atoms with van der Waals surface area (Å²) in [6, 6.07) is 17.7. The molecule has 2 aromatic heterocycles. The third-order valence-corrected chi connectivity index (χ3v) is 6.77. The summed E-state index contributed by atoms with van der Waals surface area (Å²) < 4.78 is 1.72. The number of amides is 2. The monoisotopic (exact) mass is 520 g/mol. The van der Waals surface area contributed by atoms with Crippen LogP contribution < -0.4 is 10.6 Å². The van der Waals surface area contributed by atoms with Crippen LogP contribution in [0.4, 0.5) is 5.13 Å². The number of benzene rings is 2. The first kappa shape index (κ1) is 25.3. The minimum absolute atomic E-state index is 0.0791. The molecule has 0 bridgehead atoms. The average molecular weight is 521 g/mol. The van der Waals surface area contributed by atoms with Gasteiger partial charge in [-0.25, -0.2) is 4.98 Å². The number of carbonyl (C=O) groups excluding carboxylic acids is 2. The normalized spacial score (nSPS) is 11.6. The molecular formula is C25H24N6O3S2. The van der Waals surface area contributed by atoms with Crippen LogP contribution in [0.3, 0.4) is 0 Å². The minimum Gasteiger partial charge on any atom is -0.394 e. The van der Waals surface area contributed by atoms with Gasteiger partial charge in [0.05, 0.1) is 18.1 Å². The molecule has 4 rings (SSSR count). The van der Waals surface area contributed by atoms with Gasteiger partial charge in [0.15, 0.2) is 16.1 Å². The number of thioether (sulfide) groups is 1. The second-order valence-electron chi connectivity index (χ2n) is 7.56. The van der Waals surface area contributed by atoms with Crippen molar-refractivity contribution >= 4 is 40.0 Å². The molecule has 1 atom stereocenters. The predicted molar refractivity (Wildman–Crippen MR) is 141 cm³/mol. The van der Waals surface area contributed by atoms with E-state index in [2.05, 4.69) is 32.4 Å². The fraction of sp³-hybridized carbons (Fsp3) is 0.160. The van der Waals surface area contributed by atoms with Gasteiger partial charge in [0.25, 0.3) is 5.91 Å². The molecule has 184 valence electrons. The maximum atomic E-state index is 12.6. The molecular weight excluding hydrogens is 496 g/mol. The first-order valence-electron chi connectivity index (χ1n) is 11.0. The lowest BCUT2D eigenvalue weighted by Gasteiger charge is -2.17. The number of nitrogens with zero attached hydrogens (tertiary/aromatic N) is 4. The number of nitrogens with one attached hydrogen (secondary N) is 2. The van der Waals surface area contributed by atoms with E-state index in [1.807, 2.05) is 41.8 Å². The third-order valence-electron chi connectivity index (χ3n) is 5.05. The van der Waals surface area contributed by atoms with Crippen LogP contribution in [0.15, 0.2) is 83.9 Å². The van der Waals surface area contributed by atoms with Crippen LogP contribution in [-0.2, 0) is 11.3 Å². The molecule has 0 spiro atoms. The summed E-state index contributed by atoms with van der Waals surface area (Å²) >= 11 is 2.55. The van der Waals surface area contributed by atoms with Crippen LogP contribution in [0.2, 0.25) is 0 Å². The number of allylic oxidation sites excluding steroid dienone is 1. The van der Waals surface area contributed by atoms with E-state index in [0.717, 1.165) is 11.3 Å². The summed E-state index contributed by atoms with van der Waals surface area (Å²) in [6.45, 7) is 3.74. The zero-order valence-electron chi connectivity index (χ0n) is 19.2. The van der Waals surface area contributed by atoms with E-state index in [1.54, 1.807) is 34.9 Å². The molecule has 2 heterocycles. The van der Waals surface area contributed by atoms with E-state index in [9.17, 15) is 14.7 Å². The third kappa shape index (κ3) is 6.25. The molecule has 0 aliphatic rings. The van der Waals surface area contributed by atoms with Crippen LogP contribution in [0.5, 0.6) is 0 Å². The van der Waals surface area contributed by atoms with E-state index >= 15 is 0 Å². The lowest BCUT2D eigenvalue weighted by Crippen LogP contribution is -2.33. The van der Waals surface area contributed by atoms with E-state index in [-0.39, 0.29) is 24.2 Å². The number of thiazole rings is 1. The van der Waals surface area contributed by atoms with E-state index < -0.39 is 6.04 Å². The van der Waals surface area contributed by atoms with Crippen molar-refractivity contribution in [1.29, 1.82) is 0 Å². The Morgan fingerprint density at radius 3 is 2.53 bits per heavy atom. The SMILES string of the molecule is C=CCn1c(SCC(=O)Nc2nc(-c3ccccc3)cs2)nnc1[C@H](CO)NC(=O)c1ccccc1. The quantitative estimate of drug-likeness (QED) is 0.203. The molecule has 3 N–H and O–H groups in total. The van der Waals surface area contributed by atoms with Crippen molar-refractivity contribution in [2.75, 3.05) is 17.7 Å². The van der Waals surface area contributed by atoms with Gasteiger partial charge in [0.1, 0.15) is 6.04 Å². The van der Waals surface area contributed by atoms with Crippen molar-refractivity contribution in [3.05, 3.63) is 90.1 Å². The van der Waals surface area contributed by atoms with E-state index in [1.165, 1.54) is 23.1 Å². The van der Waals surface area contributed by atoms with Gasteiger partial charge >= 0.3 is 0 Å². The fourth-order valence-corrected chi connectivity index (χ4v) is 4.84. The number of rotatable bonds is 11. The highest BCUT2D eigenvalue weighted by Gasteiger charge is 2.23. The molecule has 0 saturated carbocycles. The van der Waals surface area contributed by atoms with Gasteiger partial charge < -0.3 is 20.3 Å². The van der Waals surface area contributed by atoms with Crippen LogP contribution >= 0.6 is 23.1 Å². The van der Waals surface area contributed by atoms with Crippen LogP contribution in [0.1, 0.15) is 22.2 Å². The lowest BCUT2D eigenvalue weighted by molar-refractivity contribution is -0.113. The minimum atomic E-state index is -0.778. The fourth-order valence-electron chi connectivity index (χ4n) is 3.35. The molecule has 0 unspecified atom stereocenters. The number of aliphatic hydroxyl groups excluding tert-OH is 1. The Morgan fingerprint density at radius 2 is 1.83 bits per heavy atom. The van der Waals surface area contributed by atoms with Crippen molar-refractivity contribution < 1.29 is 14.7 Å². The molecule has 2 amide bonds. The van der Waals surface area contributed by atoms with Crippen molar-refractivity contribution in [2.24, 2.45) is 0 Å². The Kier molecular flexibility index (Phi) is 8.61. The first-order chi connectivity index (χ1) is 17.6. The Balaban J connectivity index is 1.40. The topological polar surface area (TPSA) is 122 Å².